The molecule has 2 rings (SSSR count). The molecule has 0 radical (unpaired) electrons. The topological polar surface area (TPSA) is 49.2 Å². The number of aromatic nitrogens is 3. The van der Waals surface area contributed by atoms with Crippen LogP contribution in [0.1, 0.15) is 11.3 Å². The molecular formula is C12H14ClN3O2. The number of halogens is 1. The first-order valence-corrected chi connectivity index (χ1v) is 5.96. The molecule has 1 heterocycles. The molecule has 0 aliphatic rings. The molecule has 18 heavy (non-hydrogen) atoms. The summed E-state index contributed by atoms with van der Waals surface area (Å²) in [5.41, 5.74) is 1.82. The monoisotopic (exact) mass is 267 g/mol. The van der Waals surface area contributed by atoms with E-state index >= 15 is 0 Å². The Morgan fingerprint density at radius 1 is 1.22 bits per heavy atom. The second kappa shape index (κ2) is 5.73. The van der Waals surface area contributed by atoms with Crippen LogP contribution in [0, 0.1) is 0 Å². The molecule has 1 aromatic heterocycles. The van der Waals surface area contributed by atoms with E-state index in [2.05, 4.69) is 10.3 Å². The van der Waals surface area contributed by atoms with Gasteiger partial charge in [0.1, 0.15) is 0 Å². The predicted molar refractivity (Wildman–Crippen MR) is 68.2 cm³/mol. The molecular weight excluding hydrogens is 254 g/mol. The number of ether oxygens (including phenoxy) is 2. The van der Waals surface area contributed by atoms with Gasteiger partial charge in [-0.05, 0) is 17.7 Å². The van der Waals surface area contributed by atoms with Crippen molar-refractivity contribution >= 4 is 11.6 Å². The first kappa shape index (κ1) is 12.7. The molecule has 0 fully saturated rings. The third kappa shape index (κ3) is 2.73. The molecule has 1 aromatic carbocycles. The zero-order valence-corrected chi connectivity index (χ0v) is 11.0. The van der Waals surface area contributed by atoms with Crippen LogP contribution >= 0.6 is 11.6 Å². The highest BCUT2D eigenvalue weighted by Crippen LogP contribution is 2.27. The van der Waals surface area contributed by atoms with Crippen LogP contribution in [0.5, 0.6) is 11.5 Å². The van der Waals surface area contributed by atoms with Crippen molar-refractivity contribution < 1.29 is 9.47 Å². The fraction of sp³-hybridized carbons (Fsp3) is 0.333. The number of methoxy groups -OCH3 is 2. The van der Waals surface area contributed by atoms with Crippen molar-refractivity contribution in [3.8, 4) is 11.5 Å². The summed E-state index contributed by atoms with van der Waals surface area (Å²) >= 11 is 5.68. The Balaban J connectivity index is 2.18. The zero-order valence-electron chi connectivity index (χ0n) is 10.3. The number of alkyl halides is 1. The molecule has 2 aromatic rings. The average Bonchev–Trinajstić information content (AvgIpc) is 2.86. The Hall–Kier alpha value is -1.75. The van der Waals surface area contributed by atoms with Gasteiger partial charge in [-0.1, -0.05) is 11.3 Å². The third-order valence-electron chi connectivity index (χ3n) is 2.52. The SMILES string of the molecule is COc1ccc(Cn2cc(CCl)nn2)cc1OC. The maximum absolute atomic E-state index is 5.68. The highest BCUT2D eigenvalue weighted by atomic mass is 35.5. The molecule has 0 amide bonds. The number of benzene rings is 1. The molecule has 0 saturated heterocycles. The molecule has 0 saturated carbocycles. The molecule has 0 unspecified atom stereocenters. The number of hydrogen-bond acceptors (Lipinski definition) is 4. The Kier molecular flexibility index (Phi) is 4.04. The molecule has 6 heteroatoms. The maximum atomic E-state index is 5.68. The normalized spacial score (nSPS) is 10.4. The summed E-state index contributed by atoms with van der Waals surface area (Å²) in [7, 11) is 3.23. The van der Waals surface area contributed by atoms with Crippen LogP contribution in [0.3, 0.4) is 0 Å². The van der Waals surface area contributed by atoms with Gasteiger partial charge in [0.25, 0.3) is 0 Å². The average molecular weight is 268 g/mol. The van der Waals surface area contributed by atoms with Gasteiger partial charge >= 0.3 is 0 Å². The van der Waals surface area contributed by atoms with E-state index in [1.54, 1.807) is 18.9 Å². The van der Waals surface area contributed by atoms with Gasteiger partial charge in [0.2, 0.25) is 0 Å². The predicted octanol–water partition coefficient (Wildman–Crippen LogP) is 2.08. The van der Waals surface area contributed by atoms with Crippen molar-refractivity contribution in [2.45, 2.75) is 12.4 Å². The van der Waals surface area contributed by atoms with Crippen molar-refractivity contribution in [2.75, 3.05) is 14.2 Å². The number of nitrogens with zero attached hydrogens (tertiary/aromatic N) is 3. The summed E-state index contributed by atoms with van der Waals surface area (Å²) in [6.07, 6.45) is 1.82. The second-order valence-corrected chi connectivity index (χ2v) is 4.00. The van der Waals surface area contributed by atoms with E-state index < -0.39 is 0 Å². The van der Waals surface area contributed by atoms with Crippen LogP contribution in [0.25, 0.3) is 0 Å². The molecule has 5 nitrogen and oxygen atoms in total. The maximum Gasteiger partial charge on any atom is 0.161 e. The lowest BCUT2D eigenvalue weighted by Gasteiger charge is -2.09. The molecule has 0 spiro atoms. The van der Waals surface area contributed by atoms with E-state index in [1.165, 1.54) is 0 Å². The summed E-state index contributed by atoms with van der Waals surface area (Å²) in [6.45, 7) is 0.615. The van der Waals surface area contributed by atoms with Gasteiger partial charge in [-0.3, -0.25) is 0 Å². The van der Waals surface area contributed by atoms with Gasteiger partial charge in [-0.2, -0.15) is 0 Å². The van der Waals surface area contributed by atoms with E-state index in [0.29, 0.717) is 23.9 Å². The standard InChI is InChI=1S/C12H14ClN3O2/c1-17-11-4-3-9(5-12(11)18-2)7-16-8-10(6-13)14-15-16/h3-5,8H,6-7H2,1-2H3. The molecule has 0 aliphatic carbocycles. The first-order chi connectivity index (χ1) is 8.76. The van der Waals surface area contributed by atoms with Gasteiger partial charge in [0.15, 0.2) is 11.5 Å². The Morgan fingerprint density at radius 3 is 2.61 bits per heavy atom. The van der Waals surface area contributed by atoms with E-state index in [0.717, 1.165) is 11.3 Å². The second-order valence-electron chi connectivity index (χ2n) is 3.73. The van der Waals surface area contributed by atoms with Crippen molar-refractivity contribution in [1.82, 2.24) is 15.0 Å². The summed E-state index contributed by atoms with van der Waals surface area (Å²) in [4.78, 5) is 0. The van der Waals surface area contributed by atoms with Crippen molar-refractivity contribution in [3.63, 3.8) is 0 Å². The number of rotatable bonds is 5. The van der Waals surface area contributed by atoms with Gasteiger partial charge in [0.05, 0.1) is 38.5 Å². The largest absolute Gasteiger partial charge is 0.493 e. The first-order valence-electron chi connectivity index (χ1n) is 5.42. The van der Waals surface area contributed by atoms with E-state index in [4.69, 9.17) is 21.1 Å². The van der Waals surface area contributed by atoms with E-state index in [1.807, 2.05) is 24.4 Å². The molecule has 0 aliphatic heterocycles. The van der Waals surface area contributed by atoms with Gasteiger partial charge in [0, 0.05) is 0 Å². The van der Waals surface area contributed by atoms with Crippen molar-refractivity contribution in [2.24, 2.45) is 0 Å². The smallest absolute Gasteiger partial charge is 0.161 e. The van der Waals surface area contributed by atoms with Crippen LogP contribution in [0.15, 0.2) is 24.4 Å². The Labute approximate surface area is 110 Å². The lowest BCUT2D eigenvalue weighted by Crippen LogP contribution is -2.01. The minimum Gasteiger partial charge on any atom is -0.493 e. The van der Waals surface area contributed by atoms with E-state index in [-0.39, 0.29) is 0 Å². The zero-order chi connectivity index (χ0) is 13.0. The minimum atomic E-state index is 0.367. The fourth-order valence-electron chi connectivity index (χ4n) is 1.64. The van der Waals surface area contributed by atoms with Gasteiger partial charge in [-0.15, -0.1) is 16.7 Å². The van der Waals surface area contributed by atoms with Crippen molar-refractivity contribution in [1.29, 1.82) is 0 Å². The quantitative estimate of drug-likeness (QED) is 0.779. The van der Waals surface area contributed by atoms with Gasteiger partial charge < -0.3 is 9.47 Å². The summed E-state index contributed by atoms with van der Waals surface area (Å²) in [6, 6.07) is 5.75. The summed E-state index contributed by atoms with van der Waals surface area (Å²) < 4.78 is 12.2. The summed E-state index contributed by atoms with van der Waals surface area (Å²) in [5.74, 6) is 1.78. The van der Waals surface area contributed by atoms with Crippen LogP contribution < -0.4 is 9.47 Å². The Bertz CT molecular complexity index is 528. The molecule has 0 atom stereocenters. The van der Waals surface area contributed by atoms with E-state index in [9.17, 15) is 0 Å². The third-order valence-corrected chi connectivity index (χ3v) is 2.79. The van der Waals surface area contributed by atoms with Crippen LogP contribution in [-0.2, 0) is 12.4 Å². The lowest BCUT2D eigenvalue weighted by molar-refractivity contribution is 0.354. The molecule has 0 bridgehead atoms. The molecule has 0 N–H and O–H groups in total. The van der Waals surface area contributed by atoms with Crippen molar-refractivity contribution in [3.05, 3.63) is 35.7 Å². The Morgan fingerprint density at radius 2 is 2.00 bits per heavy atom. The lowest BCUT2D eigenvalue weighted by atomic mass is 10.2. The van der Waals surface area contributed by atoms with Crippen LogP contribution in [0.2, 0.25) is 0 Å². The van der Waals surface area contributed by atoms with Crippen LogP contribution in [0.4, 0.5) is 0 Å². The van der Waals surface area contributed by atoms with Crippen LogP contribution in [-0.4, -0.2) is 29.2 Å². The fourth-order valence-corrected chi connectivity index (χ4v) is 1.77. The molecule has 96 valence electrons. The highest BCUT2D eigenvalue weighted by molar-refractivity contribution is 6.16. The highest BCUT2D eigenvalue weighted by Gasteiger charge is 2.06. The minimum absolute atomic E-state index is 0.367. The van der Waals surface area contributed by atoms with Gasteiger partial charge in [-0.25, -0.2) is 4.68 Å². The summed E-state index contributed by atoms with van der Waals surface area (Å²) in [5, 5.41) is 7.92. The number of hydrogen-bond donors (Lipinski definition) is 0.